The summed E-state index contributed by atoms with van der Waals surface area (Å²) in [6.07, 6.45) is 1.08. The summed E-state index contributed by atoms with van der Waals surface area (Å²) in [5.41, 5.74) is 1.88. The van der Waals surface area contributed by atoms with Crippen LogP contribution in [0.3, 0.4) is 0 Å². The van der Waals surface area contributed by atoms with Crippen LogP contribution in [0.2, 0.25) is 0 Å². The van der Waals surface area contributed by atoms with Crippen LogP contribution in [0.4, 0.5) is 5.69 Å². The minimum absolute atomic E-state index is 0.00804. The van der Waals surface area contributed by atoms with E-state index in [-0.39, 0.29) is 12.0 Å². The highest BCUT2D eigenvalue weighted by molar-refractivity contribution is 7.99. The molecule has 0 aromatic heterocycles. The average molecular weight is 308 g/mol. The van der Waals surface area contributed by atoms with Gasteiger partial charge in [-0.3, -0.25) is 4.79 Å². The molecule has 1 N–H and O–H groups in total. The Morgan fingerprint density at radius 3 is 3.05 bits per heavy atom. The largest absolute Gasteiger partial charge is 0.379 e. The molecular formula is C16H24N2O2S. The van der Waals surface area contributed by atoms with Crippen molar-refractivity contribution in [3.8, 4) is 0 Å². The number of amides is 1. The molecule has 0 bridgehead atoms. The molecule has 1 aromatic rings. The fraction of sp³-hybridized carbons (Fsp3) is 0.562. The fourth-order valence-electron chi connectivity index (χ4n) is 2.19. The molecule has 5 heteroatoms. The third-order valence-electron chi connectivity index (χ3n) is 3.37. The van der Waals surface area contributed by atoms with Crippen LogP contribution in [0, 0.1) is 0 Å². The van der Waals surface area contributed by atoms with Gasteiger partial charge in [-0.05, 0) is 38.5 Å². The smallest absolute Gasteiger partial charge is 0.251 e. The van der Waals surface area contributed by atoms with E-state index >= 15 is 0 Å². The van der Waals surface area contributed by atoms with Gasteiger partial charge in [0.1, 0.15) is 0 Å². The molecule has 1 amide bonds. The Kier molecular flexibility index (Phi) is 5.94. The van der Waals surface area contributed by atoms with Gasteiger partial charge in [0.25, 0.3) is 5.91 Å². The van der Waals surface area contributed by atoms with Gasteiger partial charge in [-0.25, -0.2) is 0 Å². The van der Waals surface area contributed by atoms with Crippen LogP contribution < -0.4 is 10.2 Å². The van der Waals surface area contributed by atoms with E-state index in [0.29, 0.717) is 13.2 Å². The van der Waals surface area contributed by atoms with Crippen LogP contribution in [0.25, 0.3) is 0 Å². The summed E-state index contributed by atoms with van der Waals surface area (Å²) in [5, 5.41) is 2.95. The Labute approximate surface area is 131 Å². The van der Waals surface area contributed by atoms with Gasteiger partial charge in [-0.15, -0.1) is 11.8 Å². The number of thioether (sulfide) groups is 1. The minimum Gasteiger partial charge on any atom is -0.379 e. The van der Waals surface area contributed by atoms with Crippen LogP contribution in [0.1, 0.15) is 30.6 Å². The van der Waals surface area contributed by atoms with Crippen LogP contribution in [-0.4, -0.2) is 44.5 Å². The number of ether oxygens (including phenoxy) is 1. The maximum absolute atomic E-state index is 12.2. The van der Waals surface area contributed by atoms with E-state index in [9.17, 15) is 4.79 Å². The normalized spacial score (nSPS) is 14.2. The van der Waals surface area contributed by atoms with E-state index in [4.69, 9.17) is 4.74 Å². The quantitative estimate of drug-likeness (QED) is 0.821. The number of hydrogen-bond acceptors (Lipinski definition) is 4. The Hall–Kier alpha value is -1.20. The first-order chi connectivity index (χ1) is 10.1. The first kappa shape index (κ1) is 16.2. The average Bonchev–Trinajstić information content (AvgIpc) is 2.46. The van der Waals surface area contributed by atoms with Gasteiger partial charge in [0.15, 0.2) is 0 Å². The second-order valence-electron chi connectivity index (χ2n) is 5.48. The first-order valence-electron chi connectivity index (χ1n) is 7.45. The zero-order chi connectivity index (χ0) is 15.2. The molecule has 0 atom stereocenters. The lowest BCUT2D eigenvalue weighted by atomic mass is 10.1. The molecule has 116 valence electrons. The van der Waals surface area contributed by atoms with Gasteiger partial charge in [-0.2, -0.15) is 0 Å². The lowest BCUT2D eigenvalue weighted by Gasteiger charge is -2.27. The van der Waals surface area contributed by atoms with Gasteiger partial charge < -0.3 is 15.0 Å². The predicted molar refractivity (Wildman–Crippen MR) is 88.5 cm³/mol. The lowest BCUT2D eigenvalue weighted by Crippen LogP contribution is -2.27. The molecule has 1 aliphatic heterocycles. The molecule has 0 radical (unpaired) electrons. The third-order valence-corrected chi connectivity index (χ3v) is 4.42. The highest BCUT2D eigenvalue weighted by atomic mass is 32.2. The number of nitrogens with one attached hydrogen (secondary N) is 1. The number of carbonyl (C=O) groups is 1. The van der Waals surface area contributed by atoms with Gasteiger partial charge in [0.05, 0.1) is 11.8 Å². The third kappa shape index (κ3) is 4.64. The Bertz CT molecular complexity index is 491. The molecule has 21 heavy (non-hydrogen) atoms. The summed E-state index contributed by atoms with van der Waals surface area (Å²) < 4.78 is 5.46. The molecule has 4 nitrogen and oxygen atoms in total. The molecular weight excluding hydrogens is 284 g/mol. The highest BCUT2D eigenvalue weighted by Crippen LogP contribution is 2.34. The van der Waals surface area contributed by atoms with Gasteiger partial charge >= 0.3 is 0 Å². The molecule has 0 saturated carbocycles. The van der Waals surface area contributed by atoms with Crippen molar-refractivity contribution in [2.75, 3.05) is 37.4 Å². The van der Waals surface area contributed by atoms with Gasteiger partial charge in [-0.1, -0.05) is 0 Å². The molecule has 0 spiro atoms. The van der Waals surface area contributed by atoms with Crippen molar-refractivity contribution in [1.29, 1.82) is 0 Å². The summed E-state index contributed by atoms with van der Waals surface area (Å²) in [5.74, 6) is 1.09. The fourth-order valence-corrected chi connectivity index (χ4v) is 3.30. The predicted octanol–water partition coefficient (Wildman–Crippen LogP) is 2.77. The summed E-state index contributed by atoms with van der Waals surface area (Å²) in [4.78, 5) is 15.6. The van der Waals surface area contributed by atoms with Crippen LogP contribution in [0.5, 0.6) is 0 Å². The van der Waals surface area contributed by atoms with E-state index in [1.54, 1.807) is 0 Å². The summed E-state index contributed by atoms with van der Waals surface area (Å²) in [6, 6.07) is 5.94. The SMILES string of the molecule is CC(C)OCCCNC(=O)c1ccc2c(c1)N(C)CCS2. The Morgan fingerprint density at radius 2 is 2.29 bits per heavy atom. The van der Waals surface area contributed by atoms with Crippen LogP contribution in [-0.2, 0) is 4.74 Å². The van der Waals surface area contributed by atoms with Crippen molar-refractivity contribution in [1.82, 2.24) is 5.32 Å². The Balaban J connectivity index is 1.87. The standard InChI is InChI=1S/C16H24N2O2S/c1-12(2)20-9-4-7-17-16(19)13-5-6-15-14(11-13)18(3)8-10-21-15/h5-6,11-12H,4,7-10H2,1-3H3,(H,17,19). The minimum atomic E-state index is -0.00804. The van der Waals surface area contributed by atoms with E-state index in [0.717, 1.165) is 30.0 Å². The maximum Gasteiger partial charge on any atom is 0.251 e. The first-order valence-corrected chi connectivity index (χ1v) is 8.44. The van der Waals surface area contributed by atoms with E-state index < -0.39 is 0 Å². The van der Waals surface area contributed by atoms with Crippen molar-refractivity contribution in [2.45, 2.75) is 31.3 Å². The molecule has 0 saturated heterocycles. The van der Waals surface area contributed by atoms with E-state index in [1.807, 2.05) is 43.8 Å². The van der Waals surface area contributed by atoms with Crippen molar-refractivity contribution in [3.63, 3.8) is 0 Å². The molecule has 0 aliphatic carbocycles. The number of benzene rings is 1. The Morgan fingerprint density at radius 1 is 1.48 bits per heavy atom. The molecule has 1 aromatic carbocycles. The van der Waals surface area contributed by atoms with Crippen LogP contribution >= 0.6 is 11.8 Å². The number of fused-ring (bicyclic) bond motifs is 1. The van der Waals surface area contributed by atoms with E-state index in [2.05, 4.69) is 17.3 Å². The van der Waals surface area contributed by atoms with Crippen molar-refractivity contribution in [3.05, 3.63) is 23.8 Å². The molecule has 2 rings (SSSR count). The lowest BCUT2D eigenvalue weighted by molar-refractivity contribution is 0.0757. The summed E-state index contributed by atoms with van der Waals surface area (Å²) in [7, 11) is 2.07. The van der Waals surface area contributed by atoms with E-state index in [1.165, 1.54) is 4.90 Å². The monoisotopic (exact) mass is 308 g/mol. The highest BCUT2D eigenvalue weighted by Gasteiger charge is 2.16. The number of anilines is 1. The maximum atomic E-state index is 12.2. The molecule has 1 heterocycles. The molecule has 0 fully saturated rings. The van der Waals surface area contributed by atoms with Crippen molar-refractivity contribution >= 4 is 23.4 Å². The van der Waals surface area contributed by atoms with Gasteiger partial charge in [0, 0.05) is 43.0 Å². The van der Waals surface area contributed by atoms with Gasteiger partial charge in [0.2, 0.25) is 0 Å². The molecule has 0 unspecified atom stereocenters. The van der Waals surface area contributed by atoms with Crippen molar-refractivity contribution in [2.24, 2.45) is 0 Å². The zero-order valence-corrected chi connectivity index (χ0v) is 13.8. The zero-order valence-electron chi connectivity index (χ0n) is 13.0. The number of rotatable bonds is 6. The second-order valence-corrected chi connectivity index (χ2v) is 6.62. The van der Waals surface area contributed by atoms with Crippen LogP contribution in [0.15, 0.2) is 23.1 Å². The molecule has 1 aliphatic rings. The number of nitrogens with zero attached hydrogens (tertiary/aromatic N) is 1. The number of carbonyl (C=O) groups excluding carboxylic acids is 1. The topological polar surface area (TPSA) is 41.6 Å². The summed E-state index contributed by atoms with van der Waals surface area (Å²) >= 11 is 1.85. The van der Waals surface area contributed by atoms with Crippen molar-refractivity contribution < 1.29 is 9.53 Å². The second kappa shape index (κ2) is 7.71. The number of hydrogen-bond donors (Lipinski definition) is 1. The summed E-state index contributed by atoms with van der Waals surface area (Å²) in [6.45, 7) is 6.38.